The Morgan fingerprint density at radius 3 is 2.47 bits per heavy atom. The van der Waals surface area contributed by atoms with Crippen molar-refractivity contribution in [3.63, 3.8) is 0 Å². The van der Waals surface area contributed by atoms with Crippen molar-refractivity contribution >= 4 is 0 Å². The molecule has 15 heavy (non-hydrogen) atoms. The molecule has 1 aromatic heterocycles. The highest BCUT2D eigenvalue weighted by Crippen LogP contribution is 2.11. The zero-order valence-corrected chi connectivity index (χ0v) is 9.07. The Kier molecular flexibility index (Phi) is 2.77. The largest absolute Gasteiger partial charge is 0.245 e. The molecule has 0 bridgehead atoms. The van der Waals surface area contributed by atoms with Gasteiger partial charge in [0.25, 0.3) is 0 Å². The minimum absolute atomic E-state index is 0.910. The predicted octanol–water partition coefficient (Wildman–Crippen LogP) is 2.68. The Morgan fingerprint density at radius 1 is 1.07 bits per heavy atom. The Hall–Kier alpha value is -1.70. The van der Waals surface area contributed by atoms with Gasteiger partial charge >= 0.3 is 0 Å². The Bertz CT molecular complexity index is 446. The topological polar surface area (TPSA) is 25.8 Å². The van der Waals surface area contributed by atoms with Gasteiger partial charge in [0.15, 0.2) is 0 Å². The highest BCUT2D eigenvalue weighted by molar-refractivity contribution is 5.28. The molecule has 2 rings (SSSR count). The fourth-order valence-electron chi connectivity index (χ4n) is 1.52. The molecular formula is C13H14N2. The molecule has 1 aromatic carbocycles. The summed E-state index contributed by atoms with van der Waals surface area (Å²) < 4.78 is 0. The number of hydrogen-bond donors (Lipinski definition) is 0. The summed E-state index contributed by atoms with van der Waals surface area (Å²) in [7, 11) is 0. The molecule has 0 saturated carbocycles. The molecule has 2 aromatic rings. The van der Waals surface area contributed by atoms with Gasteiger partial charge in [-0.15, -0.1) is 0 Å². The number of hydrogen-bond acceptors (Lipinski definition) is 2. The standard InChI is InChI=1S/C13H14N2/c1-10-3-5-12(6-4-10)7-13-8-14-9-15-11(13)2/h3-6,8-9H,7H2,1-2H3. The molecular weight excluding hydrogens is 184 g/mol. The Labute approximate surface area is 90.0 Å². The molecule has 0 amide bonds. The van der Waals surface area contributed by atoms with Crippen LogP contribution in [0.1, 0.15) is 22.4 Å². The van der Waals surface area contributed by atoms with Gasteiger partial charge in [-0.2, -0.15) is 0 Å². The van der Waals surface area contributed by atoms with Crippen LogP contribution in [0.5, 0.6) is 0 Å². The van der Waals surface area contributed by atoms with Crippen LogP contribution in [0.4, 0.5) is 0 Å². The first-order chi connectivity index (χ1) is 7.25. The number of aryl methyl sites for hydroxylation is 2. The molecule has 2 heteroatoms. The van der Waals surface area contributed by atoms with E-state index < -0.39 is 0 Å². The van der Waals surface area contributed by atoms with Crippen LogP contribution in [0.2, 0.25) is 0 Å². The zero-order chi connectivity index (χ0) is 10.7. The number of aromatic nitrogens is 2. The molecule has 0 N–H and O–H groups in total. The maximum absolute atomic E-state index is 4.18. The van der Waals surface area contributed by atoms with E-state index >= 15 is 0 Å². The van der Waals surface area contributed by atoms with E-state index in [0.29, 0.717) is 0 Å². The summed E-state index contributed by atoms with van der Waals surface area (Å²) in [5.41, 5.74) is 4.85. The molecule has 1 heterocycles. The summed E-state index contributed by atoms with van der Waals surface area (Å²) in [6, 6.07) is 8.58. The fraction of sp³-hybridized carbons (Fsp3) is 0.231. The summed E-state index contributed by atoms with van der Waals surface area (Å²) in [4.78, 5) is 8.23. The Morgan fingerprint density at radius 2 is 1.80 bits per heavy atom. The molecule has 0 unspecified atom stereocenters. The van der Waals surface area contributed by atoms with Crippen molar-refractivity contribution in [3.8, 4) is 0 Å². The average Bonchev–Trinajstić information content (AvgIpc) is 2.25. The van der Waals surface area contributed by atoms with E-state index in [1.165, 1.54) is 16.7 Å². The van der Waals surface area contributed by atoms with Crippen LogP contribution in [0.25, 0.3) is 0 Å². The number of rotatable bonds is 2. The van der Waals surface area contributed by atoms with Crippen LogP contribution >= 0.6 is 0 Å². The summed E-state index contributed by atoms with van der Waals surface area (Å²) in [5.74, 6) is 0. The van der Waals surface area contributed by atoms with Gasteiger partial charge in [0.1, 0.15) is 6.33 Å². The third kappa shape index (κ3) is 2.40. The molecule has 0 fully saturated rings. The van der Waals surface area contributed by atoms with Crippen molar-refractivity contribution in [1.82, 2.24) is 9.97 Å². The first kappa shape index (κ1) is 9.84. The monoisotopic (exact) mass is 198 g/mol. The molecule has 2 nitrogen and oxygen atoms in total. The van der Waals surface area contributed by atoms with E-state index in [2.05, 4.69) is 41.2 Å². The van der Waals surface area contributed by atoms with Crippen molar-refractivity contribution in [2.75, 3.05) is 0 Å². The summed E-state index contributed by atoms with van der Waals surface area (Å²) in [6.45, 7) is 4.12. The normalized spacial score (nSPS) is 10.3. The van der Waals surface area contributed by atoms with Gasteiger partial charge in [0.2, 0.25) is 0 Å². The van der Waals surface area contributed by atoms with E-state index in [4.69, 9.17) is 0 Å². The van der Waals surface area contributed by atoms with E-state index in [9.17, 15) is 0 Å². The second-order valence-corrected chi connectivity index (χ2v) is 3.80. The van der Waals surface area contributed by atoms with Crippen molar-refractivity contribution in [1.29, 1.82) is 0 Å². The van der Waals surface area contributed by atoms with Gasteiger partial charge in [0, 0.05) is 18.3 Å². The first-order valence-electron chi connectivity index (χ1n) is 5.07. The lowest BCUT2D eigenvalue weighted by Crippen LogP contribution is -1.95. The summed E-state index contributed by atoms with van der Waals surface area (Å²) >= 11 is 0. The van der Waals surface area contributed by atoms with Crippen LogP contribution in [-0.4, -0.2) is 9.97 Å². The second kappa shape index (κ2) is 4.22. The van der Waals surface area contributed by atoms with Crippen LogP contribution in [0, 0.1) is 13.8 Å². The average molecular weight is 198 g/mol. The minimum atomic E-state index is 0.910. The third-order valence-corrected chi connectivity index (χ3v) is 2.53. The van der Waals surface area contributed by atoms with Gasteiger partial charge in [-0.25, -0.2) is 9.97 Å². The maximum atomic E-state index is 4.18. The van der Waals surface area contributed by atoms with Gasteiger partial charge < -0.3 is 0 Å². The fourth-order valence-corrected chi connectivity index (χ4v) is 1.52. The van der Waals surface area contributed by atoms with Gasteiger partial charge in [-0.3, -0.25) is 0 Å². The lowest BCUT2D eigenvalue weighted by atomic mass is 10.0. The zero-order valence-electron chi connectivity index (χ0n) is 9.07. The minimum Gasteiger partial charge on any atom is -0.245 e. The quantitative estimate of drug-likeness (QED) is 0.741. The van der Waals surface area contributed by atoms with Crippen LogP contribution in [0.3, 0.4) is 0 Å². The van der Waals surface area contributed by atoms with Crippen molar-refractivity contribution < 1.29 is 0 Å². The Balaban J connectivity index is 2.22. The highest BCUT2D eigenvalue weighted by atomic mass is 14.8. The second-order valence-electron chi connectivity index (χ2n) is 3.80. The lowest BCUT2D eigenvalue weighted by molar-refractivity contribution is 1.01. The number of benzene rings is 1. The van der Waals surface area contributed by atoms with Crippen LogP contribution in [0.15, 0.2) is 36.8 Å². The van der Waals surface area contributed by atoms with Gasteiger partial charge in [-0.1, -0.05) is 29.8 Å². The van der Waals surface area contributed by atoms with E-state index in [1.807, 2.05) is 13.1 Å². The molecule has 0 saturated heterocycles. The van der Waals surface area contributed by atoms with Gasteiger partial charge in [-0.05, 0) is 25.0 Å². The van der Waals surface area contributed by atoms with Crippen LogP contribution in [-0.2, 0) is 6.42 Å². The van der Waals surface area contributed by atoms with E-state index in [-0.39, 0.29) is 0 Å². The third-order valence-electron chi connectivity index (χ3n) is 2.53. The molecule has 0 spiro atoms. The lowest BCUT2D eigenvalue weighted by Gasteiger charge is -2.04. The molecule has 0 radical (unpaired) electrons. The smallest absolute Gasteiger partial charge is 0.115 e. The van der Waals surface area contributed by atoms with Crippen LogP contribution < -0.4 is 0 Å². The van der Waals surface area contributed by atoms with E-state index in [1.54, 1.807) is 6.33 Å². The van der Waals surface area contributed by atoms with E-state index in [0.717, 1.165) is 12.1 Å². The molecule has 76 valence electrons. The van der Waals surface area contributed by atoms with Gasteiger partial charge in [0.05, 0.1) is 0 Å². The number of nitrogens with zero attached hydrogens (tertiary/aromatic N) is 2. The SMILES string of the molecule is Cc1ccc(Cc2cncnc2C)cc1. The molecule has 0 aliphatic carbocycles. The van der Waals surface area contributed by atoms with Crippen molar-refractivity contribution in [2.24, 2.45) is 0 Å². The maximum Gasteiger partial charge on any atom is 0.115 e. The summed E-state index contributed by atoms with van der Waals surface area (Å²) in [5, 5.41) is 0. The van der Waals surface area contributed by atoms with Crippen molar-refractivity contribution in [3.05, 3.63) is 59.2 Å². The molecule has 0 atom stereocenters. The summed E-state index contributed by atoms with van der Waals surface area (Å²) in [6.07, 6.45) is 4.39. The molecule has 0 aliphatic heterocycles. The van der Waals surface area contributed by atoms with Crippen molar-refractivity contribution in [2.45, 2.75) is 20.3 Å². The molecule has 0 aliphatic rings. The predicted molar refractivity (Wildman–Crippen MR) is 60.8 cm³/mol. The first-order valence-corrected chi connectivity index (χ1v) is 5.07. The highest BCUT2D eigenvalue weighted by Gasteiger charge is 2.00.